The maximum absolute atomic E-state index is 12.4. The summed E-state index contributed by atoms with van der Waals surface area (Å²) in [5.74, 6) is 0.195. The Morgan fingerprint density at radius 1 is 1.04 bits per heavy atom. The highest BCUT2D eigenvalue weighted by molar-refractivity contribution is 7.17. The van der Waals surface area contributed by atoms with Crippen LogP contribution >= 0.6 is 11.3 Å². The van der Waals surface area contributed by atoms with Gasteiger partial charge in [0.2, 0.25) is 0 Å². The number of hydrogen-bond acceptors (Lipinski definition) is 5. The fourth-order valence-electron chi connectivity index (χ4n) is 2.71. The number of ketones is 1. The van der Waals surface area contributed by atoms with E-state index in [1.165, 1.54) is 11.3 Å². The first-order valence-electron chi connectivity index (χ1n) is 8.13. The highest BCUT2D eigenvalue weighted by atomic mass is 32.1. The summed E-state index contributed by atoms with van der Waals surface area (Å²) in [5.41, 5.74) is 1.44. The number of Topliss-reactive ketones (excluding diaryl/α,β-unsaturated/α-hetero) is 1. The molecule has 0 spiro atoms. The van der Waals surface area contributed by atoms with Crippen LogP contribution in [0.15, 0.2) is 47.8 Å². The van der Waals surface area contributed by atoms with E-state index in [0.717, 1.165) is 15.6 Å². The number of thiophene rings is 1. The fraction of sp³-hybridized carbons (Fsp3) is 0.200. The number of carbonyl (C=O) groups is 2. The zero-order valence-corrected chi connectivity index (χ0v) is 15.4. The van der Waals surface area contributed by atoms with E-state index >= 15 is 0 Å². The van der Waals surface area contributed by atoms with Crippen molar-refractivity contribution in [1.82, 2.24) is 5.32 Å². The molecule has 6 heteroatoms. The third kappa shape index (κ3) is 3.70. The minimum Gasteiger partial charge on any atom is -0.493 e. The number of ether oxygens (including phenoxy) is 2. The number of amides is 1. The maximum atomic E-state index is 12.4. The van der Waals surface area contributed by atoms with Crippen LogP contribution in [-0.4, -0.2) is 32.5 Å². The summed E-state index contributed by atoms with van der Waals surface area (Å²) in [5, 5.41) is 5.25. The second-order valence-electron chi connectivity index (χ2n) is 5.67. The number of carbonyl (C=O) groups excluding carboxylic acids is 2. The predicted octanol–water partition coefficient (Wildman–Crippen LogP) is 3.46. The van der Waals surface area contributed by atoms with E-state index in [4.69, 9.17) is 9.47 Å². The third-order valence-electron chi connectivity index (χ3n) is 4.08. The van der Waals surface area contributed by atoms with Crippen molar-refractivity contribution in [3.63, 3.8) is 0 Å². The number of fused-ring (bicyclic) bond motifs is 1. The van der Waals surface area contributed by atoms with Gasteiger partial charge in [-0.25, -0.2) is 0 Å². The van der Waals surface area contributed by atoms with E-state index in [0.29, 0.717) is 30.0 Å². The molecule has 3 aromatic rings. The molecule has 0 saturated carbocycles. The molecule has 26 heavy (non-hydrogen) atoms. The minimum atomic E-state index is -0.589. The Morgan fingerprint density at radius 2 is 1.81 bits per heavy atom. The van der Waals surface area contributed by atoms with Crippen LogP contribution in [0.4, 0.5) is 0 Å². The van der Waals surface area contributed by atoms with Gasteiger partial charge in [0.1, 0.15) is 0 Å². The van der Waals surface area contributed by atoms with E-state index in [1.54, 1.807) is 19.6 Å². The molecule has 1 amide bonds. The van der Waals surface area contributed by atoms with Crippen molar-refractivity contribution in [2.45, 2.75) is 6.42 Å². The molecule has 134 valence electrons. The van der Waals surface area contributed by atoms with Gasteiger partial charge in [0.25, 0.3) is 11.7 Å². The fourth-order valence-corrected chi connectivity index (χ4v) is 3.65. The number of benzene rings is 2. The average molecular weight is 369 g/mol. The molecule has 1 heterocycles. The van der Waals surface area contributed by atoms with Gasteiger partial charge >= 0.3 is 0 Å². The minimum absolute atomic E-state index is 0.363. The van der Waals surface area contributed by atoms with Crippen LogP contribution in [0.25, 0.3) is 10.1 Å². The normalized spacial score (nSPS) is 10.5. The number of hydrogen-bond donors (Lipinski definition) is 1. The molecule has 0 aliphatic carbocycles. The quantitative estimate of drug-likeness (QED) is 0.512. The van der Waals surface area contributed by atoms with Crippen molar-refractivity contribution in [2.24, 2.45) is 0 Å². The standard InChI is InChI=1S/C20H19NO4S/c1-24-16-8-7-13(11-17(16)25-2)9-10-21-20(23)19(22)15-12-26-18-6-4-3-5-14(15)18/h3-8,11-12H,9-10H2,1-2H3,(H,21,23). The Hall–Kier alpha value is -2.86. The first kappa shape index (κ1) is 17.9. The Labute approximate surface area is 155 Å². The van der Waals surface area contributed by atoms with Gasteiger partial charge in [-0.2, -0.15) is 0 Å². The highest BCUT2D eigenvalue weighted by Gasteiger charge is 2.19. The van der Waals surface area contributed by atoms with Crippen molar-refractivity contribution in [3.8, 4) is 11.5 Å². The molecule has 0 unspecified atom stereocenters. The molecule has 0 fully saturated rings. The van der Waals surface area contributed by atoms with Crippen LogP contribution in [0.5, 0.6) is 11.5 Å². The van der Waals surface area contributed by atoms with Crippen molar-refractivity contribution in [1.29, 1.82) is 0 Å². The zero-order valence-electron chi connectivity index (χ0n) is 14.6. The second kappa shape index (κ2) is 8.01. The molecule has 0 aliphatic rings. The van der Waals surface area contributed by atoms with Crippen molar-refractivity contribution < 1.29 is 19.1 Å². The Kier molecular flexibility index (Phi) is 5.53. The summed E-state index contributed by atoms with van der Waals surface area (Å²) in [6.07, 6.45) is 0.587. The summed E-state index contributed by atoms with van der Waals surface area (Å²) in [4.78, 5) is 24.6. The van der Waals surface area contributed by atoms with Gasteiger partial charge in [0, 0.05) is 27.6 Å². The summed E-state index contributed by atoms with van der Waals surface area (Å²) in [6.45, 7) is 0.363. The maximum Gasteiger partial charge on any atom is 0.292 e. The summed E-state index contributed by atoms with van der Waals surface area (Å²) >= 11 is 1.46. The molecule has 5 nitrogen and oxygen atoms in total. The monoisotopic (exact) mass is 369 g/mol. The molecule has 0 aliphatic heterocycles. The van der Waals surface area contributed by atoms with Crippen LogP contribution in [-0.2, 0) is 11.2 Å². The topological polar surface area (TPSA) is 64.6 Å². The number of nitrogens with one attached hydrogen (secondary N) is 1. The third-order valence-corrected chi connectivity index (χ3v) is 5.04. The van der Waals surface area contributed by atoms with E-state index in [1.807, 2.05) is 42.5 Å². The molecule has 0 atom stereocenters. The van der Waals surface area contributed by atoms with Gasteiger partial charge < -0.3 is 14.8 Å². The summed E-state index contributed by atoms with van der Waals surface area (Å²) in [6, 6.07) is 13.2. The van der Waals surface area contributed by atoms with Gasteiger partial charge in [-0.1, -0.05) is 24.3 Å². The molecular weight excluding hydrogens is 350 g/mol. The van der Waals surface area contributed by atoms with Gasteiger partial charge in [-0.3, -0.25) is 9.59 Å². The Bertz CT molecular complexity index is 948. The lowest BCUT2D eigenvalue weighted by molar-refractivity contribution is -0.116. The Balaban J connectivity index is 1.61. The summed E-state index contributed by atoms with van der Waals surface area (Å²) in [7, 11) is 3.16. The first-order chi connectivity index (χ1) is 12.6. The predicted molar refractivity (Wildman–Crippen MR) is 102 cm³/mol. The molecule has 3 rings (SSSR count). The second-order valence-corrected chi connectivity index (χ2v) is 6.58. The lowest BCUT2D eigenvalue weighted by atomic mass is 10.1. The highest BCUT2D eigenvalue weighted by Crippen LogP contribution is 2.28. The smallest absolute Gasteiger partial charge is 0.292 e. The van der Waals surface area contributed by atoms with Crippen LogP contribution in [0.1, 0.15) is 15.9 Å². The number of methoxy groups -OCH3 is 2. The van der Waals surface area contributed by atoms with Crippen LogP contribution in [0, 0.1) is 0 Å². The van der Waals surface area contributed by atoms with E-state index < -0.39 is 11.7 Å². The van der Waals surface area contributed by atoms with Crippen molar-refractivity contribution >= 4 is 33.1 Å². The molecule has 1 N–H and O–H groups in total. The number of rotatable bonds is 7. The van der Waals surface area contributed by atoms with Gasteiger partial charge in [0.15, 0.2) is 11.5 Å². The largest absolute Gasteiger partial charge is 0.493 e. The molecule has 1 aromatic heterocycles. The first-order valence-corrected chi connectivity index (χ1v) is 9.01. The molecule has 0 bridgehead atoms. The van der Waals surface area contributed by atoms with E-state index in [9.17, 15) is 9.59 Å². The van der Waals surface area contributed by atoms with Gasteiger partial charge in [-0.05, 0) is 30.2 Å². The molecule has 2 aromatic carbocycles. The lowest BCUT2D eigenvalue weighted by Gasteiger charge is -2.10. The summed E-state index contributed by atoms with van der Waals surface area (Å²) < 4.78 is 11.5. The van der Waals surface area contributed by atoms with Gasteiger partial charge in [0.05, 0.1) is 14.2 Å². The SMILES string of the molecule is COc1ccc(CCNC(=O)C(=O)c2csc3ccccc23)cc1OC. The lowest BCUT2D eigenvalue weighted by Crippen LogP contribution is -2.32. The Morgan fingerprint density at radius 3 is 2.58 bits per heavy atom. The van der Waals surface area contributed by atoms with Crippen LogP contribution in [0.3, 0.4) is 0 Å². The van der Waals surface area contributed by atoms with Crippen LogP contribution < -0.4 is 14.8 Å². The van der Waals surface area contributed by atoms with E-state index in [2.05, 4.69) is 5.32 Å². The van der Waals surface area contributed by atoms with Crippen molar-refractivity contribution in [2.75, 3.05) is 20.8 Å². The molecule has 0 radical (unpaired) electrons. The zero-order chi connectivity index (χ0) is 18.5. The molecule has 0 saturated heterocycles. The van der Waals surface area contributed by atoms with Crippen LogP contribution in [0.2, 0.25) is 0 Å². The molecular formula is C20H19NO4S. The van der Waals surface area contributed by atoms with Gasteiger partial charge in [-0.15, -0.1) is 11.3 Å². The van der Waals surface area contributed by atoms with E-state index in [-0.39, 0.29) is 0 Å². The average Bonchev–Trinajstić information content (AvgIpc) is 3.11. The van der Waals surface area contributed by atoms with Crippen molar-refractivity contribution in [3.05, 3.63) is 59.0 Å².